The number of halogens is 3. The van der Waals surface area contributed by atoms with Crippen LogP contribution in [0.15, 0.2) is 28.7 Å². The van der Waals surface area contributed by atoms with Gasteiger partial charge in [-0.15, -0.1) is 0 Å². The van der Waals surface area contributed by atoms with Crippen LogP contribution in [0.4, 0.5) is 13.2 Å². The molecule has 0 aliphatic heterocycles. The number of hydrogen-bond donors (Lipinski definition) is 1. The van der Waals surface area contributed by atoms with Crippen molar-refractivity contribution >= 4 is 16.8 Å². The number of benzene rings is 1. The maximum absolute atomic E-state index is 13.2. The number of aromatic nitrogens is 2. The Hall–Kier alpha value is -3.14. The van der Waals surface area contributed by atoms with Crippen molar-refractivity contribution in [3.8, 4) is 17.2 Å². The van der Waals surface area contributed by atoms with Crippen LogP contribution >= 0.6 is 0 Å². The molecule has 178 valence electrons. The molecule has 10 heteroatoms. The lowest BCUT2D eigenvalue weighted by Gasteiger charge is -2.20. The summed E-state index contributed by atoms with van der Waals surface area (Å²) in [6.07, 6.45) is -3.05. The van der Waals surface area contributed by atoms with Crippen LogP contribution in [0.1, 0.15) is 61.6 Å². The number of ether oxygens (including phenoxy) is 1. The molecule has 1 aromatic carbocycles. The Balaban J connectivity index is 2.18. The van der Waals surface area contributed by atoms with E-state index < -0.39 is 17.9 Å². The van der Waals surface area contributed by atoms with Crippen molar-refractivity contribution in [2.24, 2.45) is 5.73 Å². The summed E-state index contributed by atoms with van der Waals surface area (Å²) < 4.78 is 50.8. The van der Waals surface area contributed by atoms with Crippen LogP contribution in [-0.2, 0) is 6.18 Å². The summed E-state index contributed by atoms with van der Waals surface area (Å²) in [7, 11) is 1.35. The van der Waals surface area contributed by atoms with Crippen molar-refractivity contribution < 1.29 is 27.1 Å². The van der Waals surface area contributed by atoms with Gasteiger partial charge in [-0.2, -0.15) is 13.2 Å². The van der Waals surface area contributed by atoms with Gasteiger partial charge in [0.2, 0.25) is 5.89 Å². The third kappa shape index (κ3) is 4.95. The highest BCUT2D eigenvalue weighted by molar-refractivity contribution is 5.98. The van der Waals surface area contributed by atoms with E-state index in [0.717, 1.165) is 18.9 Å². The van der Waals surface area contributed by atoms with Crippen molar-refractivity contribution in [2.45, 2.75) is 45.8 Å². The molecule has 2 N–H and O–H groups in total. The molecule has 1 atom stereocenters. The molecule has 0 spiro atoms. The lowest BCUT2D eigenvalue weighted by molar-refractivity contribution is -0.140. The smallest absolute Gasteiger partial charge is 0.433 e. The van der Waals surface area contributed by atoms with Crippen molar-refractivity contribution in [3.63, 3.8) is 0 Å². The van der Waals surface area contributed by atoms with Crippen LogP contribution in [0.3, 0.4) is 0 Å². The van der Waals surface area contributed by atoms with Crippen LogP contribution in [0.5, 0.6) is 5.75 Å². The molecule has 0 fully saturated rings. The third-order valence-electron chi connectivity index (χ3n) is 5.10. The van der Waals surface area contributed by atoms with E-state index in [-0.39, 0.29) is 34.5 Å². The molecule has 1 amide bonds. The number of carbonyl (C=O) groups excluding carboxylic acids is 1. The number of rotatable bonds is 8. The number of nitrogens with two attached hydrogens (primary N) is 1. The maximum Gasteiger partial charge on any atom is 0.433 e. The molecule has 0 radical (unpaired) electrons. The Kier molecular flexibility index (Phi) is 7.26. The van der Waals surface area contributed by atoms with Crippen LogP contribution < -0.4 is 10.5 Å². The number of carbonyl (C=O) groups is 1. The standard InChI is InChI=1S/C23H27F3N4O3/c1-5-11-30(12-6-2)22(31)19-20(13(3)27)33-21(29-19)15-7-9-16(32-4)18-14(15)8-10-17(28-18)23(24,25)26/h7-10,13H,5-6,11-12,27H2,1-4H3/t13-/m0/s1. The number of amides is 1. The highest BCUT2D eigenvalue weighted by atomic mass is 19.4. The number of hydrogen-bond acceptors (Lipinski definition) is 6. The van der Waals surface area contributed by atoms with Crippen LogP contribution in [0, 0.1) is 0 Å². The predicted octanol–water partition coefficient (Wildman–Crippen LogP) is 5.20. The monoisotopic (exact) mass is 464 g/mol. The first-order chi connectivity index (χ1) is 15.6. The van der Waals surface area contributed by atoms with Gasteiger partial charge in [-0.3, -0.25) is 4.79 Å². The van der Waals surface area contributed by atoms with E-state index >= 15 is 0 Å². The summed E-state index contributed by atoms with van der Waals surface area (Å²) in [6.45, 7) is 6.74. The first kappa shape index (κ1) is 24.5. The Morgan fingerprint density at radius 2 is 1.82 bits per heavy atom. The van der Waals surface area contributed by atoms with Crippen molar-refractivity contribution in [1.29, 1.82) is 0 Å². The molecule has 0 saturated carbocycles. The molecule has 0 bridgehead atoms. The van der Waals surface area contributed by atoms with Crippen molar-refractivity contribution in [1.82, 2.24) is 14.9 Å². The Labute approximate surface area is 189 Å². The molecular weight excluding hydrogens is 437 g/mol. The fourth-order valence-electron chi connectivity index (χ4n) is 3.61. The Morgan fingerprint density at radius 3 is 2.36 bits per heavy atom. The number of oxazole rings is 1. The predicted molar refractivity (Wildman–Crippen MR) is 118 cm³/mol. The summed E-state index contributed by atoms with van der Waals surface area (Å²) in [6, 6.07) is 4.66. The van der Waals surface area contributed by atoms with E-state index in [1.54, 1.807) is 17.9 Å². The highest BCUT2D eigenvalue weighted by Crippen LogP contribution is 2.37. The quantitative estimate of drug-likeness (QED) is 0.493. The molecule has 0 unspecified atom stereocenters. The average molecular weight is 464 g/mol. The largest absolute Gasteiger partial charge is 0.494 e. The van der Waals surface area contributed by atoms with Crippen LogP contribution in [0.25, 0.3) is 22.4 Å². The summed E-state index contributed by atoms with van der Waals surface area (Å²) in [5.41, 5.74) is 5.51. The summed E-state index contributed by atoms with van der Waals surface area (Å²) in [5, 5.41) is 0.345. The molecule has 0 saturated heterocycles. The van der Waals surface area contributed by atoms with Gasteiger partial charge in [0.15, 0.2) is 11.5 Å². The van der Waals surface area contributed by atoms with Gasteiger partial charge in [-0.25, -0.2) is 9.97 Å². The summed E-state index contributed by atoms with van der Waals surface area (Å²) >= 11 is 0. The minimum absolute atomic E-state index is 0.0110. The number of pyridine rings is 1. The van der Waals surface area contributed by atoms with Gasteiger partial charge < -0.3 is 19.8 Å². The van der Waals surface area contributed by atoms with E-state index in [1.807, 2.05) is 13.8 Å². The van der Waals surface area contributed by atoms with E-state index in [4.69, 9.17) is 14.9 Å². The zero-order valence-corrected chi connectivity index (χ0v) is 19.0. The molecule has 33 heavy (non-hydrogen) atoms. The molecular formula is C23H27F3N4O3. The normalized spacial score (nSPS) is 12.7. The second kappa shape index (κ2) is 9.78. The second-order valence-electron chi connectivity index (χ2n) is 7.72. The molecule has 2 heterocycles. The molecule has 7 nitrogen and oxygen atoms in total. The number of alkyl halides is 3. The second-order valence-corrected chi connectivity index (χ2v) is 7.72. The first-order valence-electron chi connectivity index (χ1n) is 10.7. The van der Waals surface area contributed by atoms with Gasteiger partial charge in [-0.1, -0.05) is 13.8 Å². The Morgan fingerprint density at radius 1 is 1.15 bits per heavy atom. The summed E-state index contributed by atoms with van der Waals surface area (Å²) in [5.74, 6) is 0.173. The molecule has 0 aliphatic carbocycles. The molecule has 2 aromatic heterocycles. The zero-order valence-electron chi connectivity index (χ0n) is 19.0. The van der Waals surface area contributed by atoms with Gasteiger partial charge in [0.05, 0.1) is 13.2 Å². The SMILES string of the molecule is CCCN(CCC)C(=O)c1nc(-c2ccc(OC)c3nc(C(F)(F)F)ccc23)oc1[C@H](C)N. The van der Waals surface area contributed by atoms with E-state index in [9.17, 15) is 18.0 Å². The van der Waals surface area contributed by atoms with E-state index in [2.05, 4.69) is 9.97 Å². The topological polar surface area (TPSA) is 94.5 Å². The average Bonchev–Trinajstić information content (AvgIpc) is 3.22. The van der Waals surface area contributed by atoms with Gasteiger partial charge in [0.25, 0.3) is 5.91 Å². The number of fused-ring (bicyclic) bond motifs is 1. The summed E-state index contributed by atoms with van der Waals surface area (Å²) in [4.78, 5) is 23.1. The Bertz CT molecular complexity index is 1140. The van der Waals surface area contributed by atoms with Crippen LogP contribution in [0.2, 0.25) is 0 Å². The lowest BCUT2D eigenvalue weighted by atomic mass is 10.1. The highest BCUT2D eigenvalue weighted by Gasteiger charge is 2.33. The molecule has 3 aromatic rings. The molecule has 0 aliphatic rings. The van der Waals surface area contributed by atoms with Crippen molar-refractivity contribution in [3.05, 3.63) is 41.4 Å². The first-order valence-corrected chi connectivity index (χ1v) is 10.7. The van der Waals surface area contributed by atoms with Gasteiger partial charge in [-0.05, 0) is 44.0 Å². The van der Waals surface area contributed by atoms with E-state index in [0.29, 0.717) is 24.0 Å². The maximum atomic E-state index is 13.2. The fraction of sp³-hybridized carbons (Fsp3) is 0.435. The van der Waals surface area contributed by atoms with Crippen LogP contribution in [-0.4, -0.2) is 41.0 Å². The molecule has 3 rings (SSSR count). The van der Waals surface area contributed by atoms with Crippen molar-refractivity contribution in [2.75, 3.05) is 20.2 Å². The van der Waals surface area contributed by atoms with Gasteiger partial charge in [0, 0.05) is 24.0 Å². The zero-order chi connectivity index (χ0) is 24.3. The minimum atomic E-state index is -4.61. The fourth-order valence-corrected chi connectivity index (χ4v) is 3.61. The number of nitrogens with zero attached hydrogens (tertiary/aromatic N) is 3. The van der Waals surface area contributed by atoms with Gasteiger partial charge >= 0.3 is 6.18 Å². The third-order valence-corrected chi connectivity index (χ3v) is 5.10. The lowest BCUT2D eigenvalue weighted by Crippen LogP contribution is -2.33. The van der Waals surface area contributed by atoms with E-state index in [1.165, 1.54) is 19.2 Å². The van der Waals surface area contributed by atoms with Gasteiger partial charge in [0.1, 0.15) is 17.0 Å². The number of methoxy groups -OCH3 is 1. The minimum Gasteiger partial charge on any atom is -0.494 e.